The first-order valence-corrected chi connectivity index (χ1v) is 3.43. The molecule has 1 rings (SSSR count). The SMILES string of the molecule is C/C=C/C=c1/cn[nH]/c1=C/N. The molecule has 0 fully saturated rings. The highest BCUT2D eigenvalue weighted by Gasteiger charge is 1.81. The number of nitrogens with two attached hydrogens (primary N) is 1. The Morgan fingerprint density at radius 1 is 1.64 bits per heavy atom. The first kappa shape index (κ1) is 7.60. The Morgan fingerprint density at radius 2 is 2.45 bits per heavy atom. The van der Waals surface area contributed by atoms with Crippen LogP contribution in [0.1, 0.15) is 6.92 Å². The monoisotopic (exact) mass is 149 g/mol. The Balaban J connectivity index is 3.23. The Kier molecular flexibility index (Phi) is 2.49. The molecule has 0 saturated heterocycles. The van der Waals surface area contributed by atoms with Crippen molar-refractivity contribution in [3.8, 4) is 0 Å². The van der Waals surface area contributed by atoms with Crippen molar-refractivity contribution < 1.29 is 0 Å². The summed E-state index contributed by atoms with van der Waals surface area (Å²) in [6.07, 6.45) is 9.08. The third kappa shape index (κ3) is 1.70. The maximum Gasteiger partial charge on any atom is 0.0804 e. The third-order valence-corrected chi connectivity index (χ3v) is 1.33. The molecule has 3 heteroatoms. The zero-order valence-corrected chi connectivity index (χ0v) is 6.41. The molecule has 1 aromatic heterocycles. The molecule has 0 spiro atoms. The van der Waals surface area contributed by atoms with Crippen LogP contribution in [0.3, 0.4) is 0 Å². The maximum absolute atomic E-state index is 5.33. The van der Waals surface area contributed by atoms with Gasteiger partial charge in [-0.25, -0.2) is 0 Å². The van der Waals surface area contributed by atoms with Gasteiger partial charge in [0.15, 0.2) is 0 Å². The van der Waals surface area contributed by atoms with Crippen molar-refractivity contribution in [2.45, 2.75) is 6.92 Å². The van der Waals surface area contributed by atoms with Crippen molar-refractivity contribution in [3.63, 3.8) is 0 Å². The number of aromatic nitrogens is 2. The Hall–Kier alpha value is -1.51. The highest BCUT2D eigenvalue weighted by molar-refractivity contribution is 5.36. The van der Waals surface area contributed by atoms with Crippen LogP contribution in [0.4, 0.5) is 0 Å². The number of hydrogen-bond donors (Lipinski definition) is 2. The molecule has 0 aromatic carbocycles. The Morgan fingerprint density at radius 3 is 3.09 bits per heavy atom. The molecule has 1 heterocycles. The normalized spacial score (nSPS) is 15.0. The second-order valence-corrected chi connectivity index (χ2v) is 2.10. The zero-order chi connectivity index (χ0) is 8.10. The predicted molar refractivity (Wildman–Crippen MR) is 45.8 cm³/mol. The lowest BCUT2D eigenvalue weighted by atomic mass is 10.4. The molecule has 3 N–H and O–H groups in total. The van der Waals surface area contributed by atoms with Crippen LogP contribution in [0.2, 0.25) is 0 Å². The summed E-state index contributed by atoms with van der Waals surface area (Å²) in [6, 6.07) is 0. The van der Waals surface area contributed by atoms with E-state index in [0.29, 0.717) is 0 Å². The summed E-state index contributed by atoms with van der Waals surface area (Å²) >= 11 is 0. The van der Waals surface area contributed by atoms with Gasteiger partial charge in [-0.3, -0.25) is 5.10 Å². The van der Waals surface area contributed by atoms with E-state index in [2.05, 4.69) is 10.2 Å². The van der Waals surface area contributed by atoms with Gasteiger partial charge in [-0.1, -0.05) is 18.2 Å². The molecule has 0 radical (unpaired) electrons. The Bertz CT molecular complexity index is 346. The van der Waals surface area contributed by atoms with Crippen LogP contribution < -0.4 is 16.3 Å². The number of nitrogens with one attached hydrogen (secondary N) is 1. The average Bonchev–Trinajstić information content (AvgIpc) is 2.47. The predicted octanol–water partition coefficient (Wildman–Crippen LogP) is -0.537. The molecular weight excluding hydrogens is 138 g/mol. The number of nitrogens with zero attached hydrogens (tertiary/aromatic N) is 1. The average molecular weight is 149 g/mol. The van der Waals surface area contributed by atoms with Gasteiger partial charge in [0, 0.05) is 11.4 Å². The van der Waals surface area contributed by atoms with E-state index in [4.69, 9.17) is 5.73 Å². The van der Waals surface area contributed by atoms with Crippen molar-refractivity contribution >= 4 is 12.3 Å². The van der Waals surface area contributed by atoms with Crippen LogP contribution in [-0.2, 0) is 0 Å². The van der Waals surface area contributed by atoms with Gasteiger partial charge in [0.25, 0.3) is 0 Å². The van der Waals surface area contributed by atoms with Gasteiger partial charge in [0.05, 0.1) is 11.5 Å². The molecule has 58 valence electrons. The summed E-state index contributed by atoms with van der Waals surface area (Å²) in [6.45, 7) is 1.96. The molecule has 3 nitrogen and oxygen atoms in total. The molecule has 0 aliphatic rings. The van der Waals surface area contributed by atoms with Gasteiger partial charge in [-0.05, 0) is 6.92 Å². The molecule has 0 aliphatic heterocycles. The minimum Gasteiger partial charge on any atom is -0.403 e. The van der Waals surface area contributed by atoms with Gasteiger partial charge in [0.1, 0.15) is 0 Å². The van der Waals surface area contributed by atoms with E-state index in [9.17, 15) is 0 Å². The first-order chi connectivity index (χ1) is 5.38. The second-order valence-electron chi connectivity index (χ2n) is 2.10. The minimum atomic E-state index is 0.850. The fourth-order valence-electron chi connectivity index (χ4n) is 0.772. The lowest BCUT2D eigenvalue weighted by molar-refractivity contribution is 1.06. The first-order valence-electron chi connectivity index (χ1n) is 3.43. The second kappa shape index (κ2) is 3.61. The number of rotatable bonds is 1. The largest absolute Gasteiger partial charge is 0.403 e. The van der Waals surface area contributed by atoms with Crippen molar-refractivity contribution in [2.24, 2.45) is 5.73 Å². The van der Waals surface area contributed by atoms with E-state index in [1.165, 1.54) is 6.20 Å². The molecule has 0 saturated carbocycles. The van der Waals surface area contributed by atoms with Crippen LogP contribution in [0.25, 0.3) is 12.3 Å². The van der Waals surface area contributed by atoms with Crippen LogP contribution in [0.5, 0.6) is 0 Å². The minimum absolute atomic E-state index is 0.850. The van der Waals surface area contributed by atoms with E-state index in [-0.39, 0.29) is 0 Å². The summed E-state index contributed by atoms with van der Waals surface area (Å²) < 4.78 is 0. The van der Waals surface area contributed by atoms with Gasteiger partial charge in [-0.2, -0.15) is 5.10 Å². The molecule has 11 heavy (non-hydrogen) atoms. The lowest BCUT2D eigenvalue weighted by Crippen LogP contribution is -2.23. The molecule has 0 unspecified atom stereocenters. The number of allylic oxidation sites excluding steroid dienone is 2. The van der Waals surface area contributed by atoms with Crippen molar-refractivity contribution in [2.75, 3.05) is 0 Å². The van der Waals surface area contributed by atoms with E-state index in [1.807, 2.05) is 25.2 Å². The highest BCUT2D eigenvalue weighted by atomic mass is 15.1. The van der Waals surface area contributed by atoms with E-state index < -0.39 is 0 Å². The molecule has 0 amide bonds. The molecule has 0 bridgehead atoms. The number of hydrogen-bond acceptors (Lipinski definition) is 2. The molecule has 1 aromatic rings. The maximum atomic E-state index is 5.33. The standard InChI is InChI=1S/C8H11N3/c1-2-3-4-7-6-10-11-8(7)5-9/h2-6,11H,9H2,1H3/b3-2+,7-4-,8-5+. The topological polar surface area (TPSA) is 54.7 Å². The summed E-state index contributed by atoms with van der Waals surface area (Å²) in [7, 11) is 0. The quantitative estimate of drug-likeness (QED) is 0.563. The zero-order valence-electron chi connectivity index (χ0n) is 6.41. The fourth-order valence-corrected chi connectivity index (χ4v) is 0.772. The van der Waals surface area contributed by atoms with Crippen LogP contribution >= 0.6 is 0 Å². The molecule has 0 atom stereocenters. The summed E-state index contributed by atoms with van der Waals surface area (Å²) in [5.74, 6) is 0. The lowest BCUT2D eigenvalue weighted by Gasteiger charge is -1.73. The summed E-state index contributed by atoms with van der Waals surface area (Å²) in [5, 5.41) is 8.47. The van der Waals surface area contributed by atoms with Gasteiger partial charge in [0.2, 0.25) is 0 Å². The number of aromatic amines is 1. The summed E-state index contributed by atoms with van der Waals surface area (Å²) in [5.41, 5.74) is 5.33. The Labute approximate surface area is 64.9 Å². The fraction of sp³-hybridized carbons (Fsp3) is 0.125. The van der Waals surface area contributed by atoms with Gasteiger partial charge >= 0.3 is 0 Å². The van der Waals surface area contributed by atoms with Gasteiger partial charge < -0.3 is 5.73 Å². The van der Waals surface area contributed by atoms with Crippen molar-refractivity contribution in [3.05, 3.63) is 28.9 Å². The van der Waals surface area contributed by atoms with Crippen LogP contribution in [-0.4, -0.2) is 10.2 Å². The van der Waals surface area contributed by atoms with Crippen molar-refractivity contribution in [1.29, 1.82) is 0 Å². The van der Waals surface area contributed by atoms with Crippen molar-refractivity contribution in [1.82, 2.24) is 10.2 Å². The van der Waals surface area contributed by atoms with E-state index in [0.717, 1.165) is 10.6 Å². The third-order valence-electron chi connectivity index (χ3n) is 1.33. The summed E-state index contributed by atoms with van der Waals surface area (Å²) in [4.78, 5) is 0. The molecule has 0 aliphatic carbocycles. The van der Waals surface area contributed by atoms with Crippen LogP contribution in [0.15, 0.2) is 18.3 Å². The van der Waals surface area contributed by atoms with Gasteiger partial charge in [-0.15, -0.1) is 0 Å². The number of H-pyrrole nitrogens is 1. The van der Waals surface area contributed by atoms with E-state index in [1.54, 1.807) is 6.20 Å². The van der Waals surface area contributed by atoms with Crippen LogP contribution in [0, 0.1) is 0 Å². The smallest absolute Gasteiger partial charge is 0.0804 e. The molecular formula is C8H11N3. The highest BCUT2D eigenvalue weighted by Crippen LogP contribution is 1.69. The van der Waals surface area contributed by atoms with E-state index >= 15 is 0 Å².